The number of hydrogen-bond acceptors (Lipinski definition) is 5. The molecule has 7 nitrogen and oxygen atoms in total. The third-order valence-electron chi connectivity index (χ3n) is 4.42. The summed E-state index contributed by atoms with van der Waals surface area (Å²) in [6, 6.07) is 5.37. The van der Waals surface area contributed by atoms with Crippen LogP contribution in [0.1, 0.15) is 34.5 Å². The molecule has 2 aromatic heterocycles. The van der Waals surface area contributed by atoms with Crippen LogP contribution in [0.4, 0.5) is 5.82 Å². The Morgan fingerprint density at radius 1 is 1.30 bits per heavy atom. The van der Waals surface area contributed by atoms with E-state index in [9.17, 15) is 9.59 Å². The first-order chi connectivity index (χ1) is 12.1. The number of aromatic nitrogens is 1. The zero-order valence-corrected chi connectivity index (χ0v) is 16.6. The highest BCUT2D eigenvalue weighted by molar-refractivity contribution is 5.95. The zero-order valence-electron chi connectivity index (χ0n) is 15.0. The average molecular weight is 415 g/mol. The largest absolute Gasteiger partial charge is 0.467 e. The van der Waals surface area contributed by atoms with Crippen LogP contribution in [-0.2, 0) is 11.3 Å². The third-order valence-corrected chi connectivity index (χ3v) is 4.42. The highest BCUT2D eigenvalue weighted by Gasteiger charge is 2.28. The molecule has 0 saturated carbocycles. The molecule has 2 aromatic rings. The molecule has 2 amide bonds. The molecule has 148 valence electrons. The summed E-state index contributed by atoms with van der Waals surface area (Å²) < 4.78 is 5.22. The molecule has 1 fully saturated rings. The van der Waals surface area contributed by atoms with Crippen molar-refractivity contribution in [3.05, 3.63) is 47.5 Å². The summed E-state index contributed by atoms with van der Waals surface area (Å²) in [6.07, 6.45) is 4.42. The molecule has 27 heavy (non-hydrogen) atoms. The summed E-state index contributed by atoms with van der Waals surface area (Å²) in [7, 11) is 0. The van der Waals surface area contributed by atoms with Crippen molar-refractivity contribution in [2.45, 2.75) is 26.3 Å². The van der Waals surface area contributed by atoms with Crippen molar-refractivity contribution < 1.29 is 14.0 Å². The summed E-state index contributed by atoms with van der Waals surface area (Å²) in [5.41, 5.74) is 7.05. The topological polar surface area (TPSA) is 101 Å². The van der Waals surface area contributed by atoms with Crippen molar-refractivity contribution in [2.75, 3.05) is 18.4 Å². The van der Waals surface area contributed by atoms with Gasteiger partial charge in [-0.15, -0.1) is 24.8 Å². The summed E-state index contributed by atoms with van der Waals surface area (Å²) >= 11 is 0. The van der Waals surface area contributed by atoms with Crippen LogP contribution >= 0.6 is 24.8 Å². The molecule has 0 aliphatic carbocycles. The van der Waals surface area contributed by atoms with Gasteiger partial charge in [-0.05, 0) is 37.5 Å². The van der Waals surface area contributed by atoms with Gasteiger partial charge >= 0.3 is 0 Å². The molecular formula is C18H24Cl2N4O3. The first kappa shape index (κ1) is 23.0. The van der Waals surface area contributed by atoms with E-state index in [1.807, 2.05) is 13.0 Å². The molecular weight excluding hydrogens is 391 g/mol. The lowest BCUT2D eigenvalue weighted by Gasteiger charge is -2.31. The van der Waals surface area contributed by atoms with E-state index >= 15 is 0 Å². The van der Waals surface area contributed by atoms with Crippen LogP contribution in [0.25, 0.3) is 0 Å². The molecule has 0 bridgehead atoms. The minimum absolute atomic E-state index is 0. The second kappa shape index (κ2) is 10.3. The van der Waals surface area contributed by atoms with Gasteiger partial charge in [0.1, 0.15) is 17.8 Å². The molecule has 1 aliphatic rings. The second-order valence-electron chi connectivity index (χ2n) is 6.28. The molecule has 3 N–H and O–H groups in total. The maximum Gasteiger partial charge on any atom is 0.257 e. The Labute approximate surface area is 170 Å². The molecule has 0 aromatic carbocycles. The predicted octanol–water partition coefficient (Wildman–Crippen LogP) is 2.78. The SMILES string of the molecule is Cc1ccc(NC(=O)C2CCN(C(=O)c3coc(CN)c3)CC2)nc1.Cl.Cl. The fraction of sp³-hybridized carbons (Fsp3) is 0.389. The Kier molecular flexibility index (Phi) is 8.75. The highest BCUT2D eigenvalue weighted by Crippen LogP contribution is 2.21. The minimum atomic E-state index is -0.115. The van der Waals surface area contributed by atoms with Crippen LogP contribution in [0.15, 0.2) is 35.1 Å². The normalized spacial score (nSPS) is 14.1. The fourth-order valence-electron chi connectivity index (χ4n) is 2.90. The van der Waals surface area contributed by atoms with E-state index in [1.54, 1.807) is 23.2 Å². The van der Waals surface area contributed by atoms with Gasteiger partial charge in [-0.3, -0.25) is 9.59 Å². The smallest absolute Gasteiger partial charge is 0.257 e. The Morgan fingerprint density at radius 3 is 2.56 bits per heavy atom. The van der Waals surface area contributed by atoms with Crippen LogP contribution in [0, 0.1) is 12.8 Å². The van der Waals surface area contributed by atoms with Crippen molar-refractivity contribution in [1.29, 1.82) is 0 Å². The van der Waals surface area contributed by atoms with E-state index in [0.717, 1.165) is 5.56 Å². The molecule has 0 atom stereocenters. The molecule has 3 heterocycles. The number of nitrogens with two attached hydrogens (primary N) is 1. The highest BCUT2D eigenvalue weighted by atomic mass is 35.5. The number of likely N-dealkylation sites (tertiary alicyclic amines) is 1. The average Bonchev–Trinajstić information content (AvgIpc) is 3.12. The number of halogens is 2. The number of hydrogen-bond donors (Lipinski definition) is 2. The van der Waals surface area contributed by atoms with Gasteiger partial charge in [-0.25, -0.2) is 4.98 Å². The molecule has 9 heteroatoms. The van der Waals surface area contributed by atoms with Gasteiger partial charge in [0, 0.05) is 25.2 Å². The Hall–Kier alpha value is -2.09. The number of carbonyl (C=O) groups excluding carboxylic acids is 2. The Morgan fingerprint density at radius 2 is 2.00 bits per heavy atom. The number of nitrogens with zero attached hydrogens (tertiary/aromatic N) is 2. The van der Waals surface area contributed by atoms with Gasteiger partial charge in [-0.2, -0.15) is 0 Å². The van der Waals surface area contributed by atoms with E-state index < -0.39 is 0 Å². The van der Waals surface area contributed by atoms with E-state index in [4.69, 9.17) is 10.2 Å². The number of nitrogens with one attached hydrogen (secondary N) is 1. The summed E-state index contributed by atoms with van der Waals surface area (Å²) in [5, 5.41) is 2.84. The maximum absolute atomic E-state index is 12.4. The van der Waals surface area contributed by atoms with Gasteiger partial charge in [0.2, 0.25) is 5.91 Å². The lowest BCUT2D eigenvalue weighted by molar-refractivity contribution is -0.121. The number of piperidine rings is 1. The Balaban J connectivity index is 0.00000182. The number of pyridine rings is 1. The molecule has 0 spiro atoms. The monoisotopic (exact) mass is 414 g/mol. The number of amides is 2. The quantitative estimate of drug-likeness (QED) is 0.800. The first-order valence-corrected chi connectivity index (χ1v) is 8.37. The van der Waals surface area contributed by atoms with Crippen LogP contribution in [0.2, 0.25) is 0 Å². The molecule has 3 rings (SSSR count). The van der Waals surface area contributed by atoms with E-state index in [2.05, 4.69) is 10.3 Å². The standard InChI is InChI=1S/C18H22N4O3.2ClH/c1-12-2-3-16(20-10-12)21-17(23)13-4-6-22(7-5-13)18(24)14-8-15(9-19)25-11-14;;/h2-3,8,10-11,13H,4-7,9,19H2,1H3,(H,20,21,23);2*1H. The van der Waals surface area contributed by atoms with E-state index in [1.165, 1.54) is 6.26 Å². The first-order valence-electron chi connectivity index (χ1n) is 8.37. The number of rotatable bonds is 4. The third kappa shape index (κ3) is 5.69. The molecule has 1 aliphatic heterocycles. The van der Waals surface area contributed by atoms with Crippen molar-refractivity contribution in [3.8, 4) is 0 Å². The van der Waals surface area contributed by atoms with Crippen molar-refractivity contribution in [2.24, 2.45) is 11.7 Å². The fourth-order valence-corrected chi connectivity index (χ4v) is 2.90. The van der Waals surface area contributed by atoms with Crippen LogP contribution < -0.4 is 11.1 Å². The van der Waals surface area contributed by atoms with Crippen molar-refractivity contribution in [1.82, 2.24) is 9.88 Å². The van der Waals surface area contributed by atoms with Crippen LogP contribution in [0.3, 0.4) is 0 Å². The number of anilines is 1. The van der Waals surface area contributed by atoms with Gasteiger partial charge in [0.05, 0.1) is 12.1 Å². The number of carbonyl (C=O) groups is 2. The molecule has 1 saturated heterocycles. The van der Waals surface area contributed by atoms with Crippen LogP contribution in [-0.4, -0.2) is 34.8 Å². The maximum atomic E-state index is 12.4. The lowest BCUT2D eigenvalue weighted by Crippen LogP contribution is -2.41. The summed E-state index contributed by atoms with van der Waals surface area (Å²) in [4.78, 5) is 30.7. The minimum Gasteiger partial charge on any atom is -0.467 e. The van der Waals surface area contributed by atoms with Gasteiger partial charge in [0.15, 0.2) is 0 Å². The summed E-state index contributed by atoms with van der Waals surface area (Å²) in [6.45, 7) is 3.30. The predicted molar refractivity (Wildman–Crippen MR) is 107 cm³/mol. The second-order valence-corrected chi connectivity index (χ2v) is 6.28. The van der Waals surface area contributed by atoms with E-state index in [-0.39, 0.29) is 49.1 Å². The van der Waals surface area contributed by atoms with Gasteiger partial charge in [0.25, 0.3) is 5.91 Å². The van der Waals surface area contributed by atoms with Crippen molar-refractivity contribution in [3.63, 3.8) is 0 Å². The number of furan rings is 1. The van der Waals surface area contributed by atoms with Gasteiger partial charge < -0.3 is 20.4 Å². The van der Waals surface area contributed by atoms with E-state index in [0.29, 0.717) is 43.1 Å². The Bertz CT molecular complexity index is 756. The summed E-state index contributed by atoms with van der Waals surface area (Å²) in [5.74, 6) is 0.904. The van der Waals surface area contributed by atoms with Gasteiger partial charge in [-0.1, -0.05) is 6.07 Å². The van der Waals surface area contributed by atoms with Crippen molar-refractivity contribution >= 4 is 42.4 Å². The molecule has 0 unspecified atom stereocenters. The number of aryl methyl sites for hydroxylation is 1. The lowest BCUT2D eigenvalue weighted by atomic mass is 9.95. The zero-order chi connectivity index (χ0) is 17.8. The van der Waals surface area contributed by atoms with Crippen LogP contribution in [0.5, 0.6) is 0 Å². The molecule has 0 radical (unpaired) electrons.